The van der Waals surface area contributed by atoms with Crippen molar-refractivity contribution in [2.24, 2.45) is 5.92 Å². The molecule has 8 nitrogen and oxygen atoms in total. The zero-order valence-electron chi connectivity index (χ0n) is 20.5. The van der Waals surface area contributed by atoms with E-state index in [1.807, 2.05) is 31.2 Å². The molecule has 0 saturated heterocycles. The number of rotatable bonds is 9. The molecule has 1 aliphatic heterocycles. The van der Waals surface area contributed by atoms with Crippen LogP contribution in [0, 0.1) is 5.92 Å². The maximum absolute atomic E-state index is 11.7. The maximum Gasteiger partial charge on any atom is 0.192 e. The van der Waals surface area contributed by atoms with Crippen LogP contribution in [0.5, 0.6) is 17.2 Å². The molecule has 0 saturated carbocycles. The molecule has 0 fully saturated rings. The molecule has 0 bridgehead atoms. The summed E-state index contributed by atoms with van der Waals surface area (Å²) in [7, 11) is -1.75. The predicted octanol–water partition coefficient (Wildman–Crippen LogP) is 4.65. The highest BCUT2D eigenvalue weighted by molar-refractivity contribution is 7.90. The predicted molar refractivity (Wildman–Crippen MR) is 135 cm³/mol. The van der Waals surface area contributed by atoms with E-state index in [0.717, 1.165) is 28.9 Å². The number of aromatic amines is 1. The van der Waals surface area contributed by atoms with Crippen molar-refractivity contribution < 1.29 is 22.6 Å². The van der Waals surface area contributed by atoms with Gasteiger partial charge in [0.2, 0.25) is 0 Å². The Hall–Kier alpha value is -3.30. The molecule has 2 N–H and O–H groups in total. The lowest BCUT2D eigenvalue weighted by Crippen LogP contribution is -2.22. The molecule has 1 aliphatic rings. The second-order valence-electron chi connectivity index (χ2n) is 8.94. The second kappa shape index (κ2) is 10.1. The number of hydrogen-bond acceptors (Lipinski definition) is 7. The molecule has 0 aliphatic carbocycles. The number of H-pyrrole nitrogens is 1. The summed E-state index contributed by atoms with van der Waals surface area (Å²) in [5, 5.41) is 3.51. The lowest BCUT2D eigenvalue weighted by atomic mass is 10.1. The number of pyridine rings is 1. The molecule has 9 heteroatoms. The van der Waals surface area contributed by atoms with Gasteiger partial charge < -0.3 is 24.5 Å². The van der Waals surface area contributed by atoms with Crippen LogP contribution in [0.4, 0.5) is 0 Å². The van der Waals surface area contributed by atoms with Crippen molar-refractivity contribution in [3.05, 3.63) is 60.4 Å². The summed E-state index contributed by atoms with van der Waals surface area (Å²) in [5.74, 6) is 2.03. The fourth-order valence-corrected chi connectivity index (χ4v) is 4.42. The van der Waals surface area contributed by atoms with Gasteiger partial charge in [0.25, 0.3) is 0 Å². The standard InChI is InChI=1S/C26H31N3O5S/c1-16-10-25(28-18(16)3)24-8-7-23(29-24)19-11-21(33-17(2)15-32-4)13-22(12-19)34-20-6-9-26(27-14-20)35(5,30)31/h6-14,16-18,28-29H,15H2,1-5H3/t16-,17+,18+/m1/s1. The van der Waals surface area contributed by atoms with E-state index in [1.165, 1.54) is 12.3 Å². The van der Waals surface area contributed by atoms with Gasteiger partial charge in [-0.15, -0.1) is 0 Å². The van der Waals surface area contributed by atoms with Gasteiger partial charge in [-0.3, -0.25) is 0 Å². The summed E-state index contributed by atoms with van der Waals surface area (Å²) in [4.78, 5) is 7.49. The van der Waals surface area contributed by atoms with E-state index in [9.17, 15) is 8.42 Å². The molecule has 35 heavy (non-hydrogen) atoms. The first kappa shape index (κ1) is 24.8. The molecule has 0 unspecified atom stereocenters. The number of aromatic nitrogens is 2. The van der Waals surface area contributed by atoms with Crippen LogP contribution >= 0.6 is 0 Å². The highest BCUT2D eigenvalue weighted by Crippen LogP contribution is 2.34. The molecular formula is C26H31N3O5S. The van der Waals surface area contributed by atoms with E-state index in [4.69, 9.17) is 14.2 Å². The molecule has 3 atom stereocenters. The second-order valence-corrected chi connectivity index (χ2v) is 10.9. The van der Waals surface area contributed by atoms with E-state index in [-0.39, 0.29) is 11.1 Å². The number of nitrogens with one attached hydrogen (secondary N) is 2. The number of ether oxygens (including phenoxy) is 3. The van der Waals surface area contributed by atoms with Gasteiger partial charge in [-0.1, -0.05) is 13.0 Å². The van der Waals surface area contributed by atoms with Gasteiger partial charge in [0.05, 0.1) is 24.2 Å². The third kappa shape index (κ3) is 6.04. The molecule has 2 aromatic heterocycles. The summed E-state index contributed by atoms with van der Waals surface area (Å²) in [6, 6.07) is 13.1. The SMILES string of the molecule is COC[C@H](C)Oc1cc(Oc2ccc(S(C)(=O)=O)nc2)cc(-c2ccc(C3=C[C@@H](C)[C@H](C)N3)[nH]2)c1. The number of benzene rings is 1. The van der Waals surface area contributed by atoms with Gasteiger partial charge in [-0.05, 0) is 56.2 Å². The van der Waals surface area contributed by atoms with E-state index in [1.54, 1.807) is 19.2 Å². The highest BCUT2D eigenvalue weighted by Gasteiger charge is 2.21. The van der Waals surface area contributed by atoms with Crippen molar-refractivity contribution in [2.45, 2.75) is 37.9 Å². The summed E-state index contributed by atoms with van der Waals surface area (Å²) >= 11 is 0. The van der Waals surface area contributed by atoms with Gasteiger partial charge in [0, 0.05) is 36.7 Å². The normalized spacial score (nSPS) is 18.6. The summed E-state index contributed by atoms with van der Waals surface area (Å²) < 4.78 is 40.7. The Morgan fingerprint density at radius 3 is 2.40 bits per heavy atom. The monoisotopic (exact) mass is 497 g/mol. The van der Waals surface area contributed by atoms with Crippen LogP contribution in [0.25, 0.3) is 17.0 Å². The molecule has 0 amide bonds. The van der Waals surface area contributed by atoms with Crippen LogP contribution < -0.4 is 14.8 Å². The smallest absolute Gasteiger partial charge is 0.192 e. The first-order valence-electron chi connectivity index (χ1n) is 11.4. The van der Waals surface area contributed by atoms with Crippen molar-refractivity contribution >= 4 is 15.5 Å². The third-order valence-corrected chi connectivity index (χ3v) is 6.83. The van der Waals surface area contributed by atoms with Gasteiger partial charge >= 0.3 is 0 Å². The Balaban J connectivity index is 1.64. The Morgan fingerprint density at radius 2 is 1.77 bits per heavy atom. The summed E-state index contributed by atoms with van der Waals surface area (Å²) in [6.45, 7) is 6.73. The van der Waals surface area contributed by atoms with E-state index < -0.39 is 9.84 Å². The molecule has 4 rings (SSSR count). The molecule has 0 spiro atoms. The average Bonchev–Trinajstić information content (AvgIpc) is 3.40. The minimum Gasteiger partial charge on any atom is -0.488 e. The minimum atomic E-state index is -3.39. The highest BCUT2D eigenvalue weighted by atomic mass is 32.2. The van der Waals surface area contributed by atoms with Crippen LogP contribution in [0.3, 0.4) is 0 Å². The Bertz CT molecular complexity index is 1320. The molecule has 0 radical (unpaired) electrons. The molecular weight excluding hydrogens is 466 g/mol. The van der Waals surface area contributed by atoms with Crippen LogP contribution in [0.1, 0.15) is 26.5 Å². The largest absolute Gasteiger partial charge is 0.488 e. The van der Waals surface area contributed by atoms with Crippen LogP contribution in [-0.2, 0) is 14.6 Å². The maximum atomic E-state index is 11.7. The van der Waals surface area contributed by atoms with Crippen molar-refractivity contribution in [3.63, 3.8) is 0 Å². The van der Waals surface area contributed by atoms with E-state index in [0.29, 0.717) is 35.8 Å². The first-order valence-corrected chi connectivity index (χ1v) is 13.3. The van der Waals surface area contributed by atoms with Crippen LogP contribution in [0.2, 0.25) is 0 Å². The summed E-state index contributed by atoms with van der Waals surface area (Å²) in [6.07, 6.45) is 4.58. The first-order chi connectivity index (χ1) is 16.6. The molecule has 186 valence electrons. The lowest BCUT2D eigenvalue weighted by Gasteiger charge is -2.16. The Kier molecular flexibility index (Phi) is 7.18. The Morgan fingerprint density at radius 1 is 1.03 bits per heavy atom. The van der Waals surface area contributed by atoms with Crippen LogP contribution in [0.15, 0.2) is 59.8 Å². The van der Waals surface area contributed by atoms with Gasteiger partial charge in [-0.25, -0.2) is 13.4 Å². The van der Waals surface area contributed by atoms with Crippen molar-refractivity contribution in [2.75, 3.05) is 20.0 Å². The van der Waals surface area contributed by atoms with Gasteiger partial charge in [0.15, 0.2) is 14.9 Å². The number of hydrogen-bond donors (Lipinski definition) is 2. The zero-order chi connectivity index (χ0) is 25.2. The van der Waals surface area contributed by atoms with Crippen molar-refractivity contribution in [1.29, 1.82) is 0 Å². The number of methoxy groups -OCH3 is 1. The Labute approximate surface area is 206 Å². The summed E-state index contributed by atoms with van der Waals surface area (Å²) in [5.41, 5.74) is 3.90. The average molecular weight is 498 g/mol. The fourth-order valence-electron chi connectivity index (χ4n) is 3.86. The van der Waals surface area contributed by atoms with E-state index in [2.05, 4.69) is 35.2 Å². The topological polar surface area (TPSA) is 103 Å². The lowest BCUT2D eigenvalue weighted by molar-refractivity contribution is 0.0920. The minimum absolute atomic E-state index is 0.00612. The van der Waals surface area contributed by atoms with Gasteiger partial charge in [-0.2, -0.15) is 0 Å². The molecule has 3 aromatic rings. The van der Waals surface area contributed by atoms with Gasteiger partial charge in [0.1, 0.15) is 23.4 Å². The fraction of sp³-hybridized carbons (Fsp3) is 0.346. The van der Waals surface area contributed by atoms with E-state index >= 15 is 0 Å². The number of sulfone groups is 1. The van der Waals surface area contributed by atoms with Crippen LogP contribution in [-0.4, -0.2) is 50.5 Å². The molecule has 1 aromatic carbocycles. The zero-order valence-corrected chi connectivity index (χ0v) is 21.3. The molecule has 3 heterocycles. The van der Waals surface area contributed by atoms with Crippen molar-refractivity contribution in [1.82, 2.24) is 15.3 Å². The number of nitrogens with zero attached hydrogens (tertiary/aromatic N) is 1. The third-order valence-electron chi connectivity index (χ3n) is 5.83. The quantitative estimate of drug-likeness (QED) is 0.443. The van der Waals surface area contributed by atoms with Crippen molar-refractivity contribution in [3.8, 4) is 28.5 Å².